The monoisotopic (exact) mass is 433 g/mol. The van der Waals surface area contributed by atoms with Crippen molar-refractivity contribution in [2.45, 2.75) is 30.6 Å². The van der Waals surface area contributed by atoms with Gasteiger partial charge in [-0.25, -0.2) is 17.9 Å². The topological polar surface area (TPSA) is 101 Å². The number of H-pyrrole nitrogens is 1. The zero-order valence-corrected chi connectivity index (χ0v) is 16.9. The van der Waals surface area contributed by atoms with Gasteiger partial charge >= 0.3 is 0 Å². The average molecular weight is 434 g/mol. The molecule has 2 fully saturated rings. The van der Waals surface area contributed by atoms with E-state index in [1.165, 1.54) is 25.2 Å². The van der Waals surface area contributed by atoms with E-state index in [9.17, 15) is 17.6 Å². The molecule has 0 bridgehead atoms. The number of sulfonamides is 1. The third-order valence-corrected chi connectivity index (χ3v) is 7.42. The summed E-state index contributed by atoms with van der Waals surface area (Å²) in [4.78, 5) is 16.8. The van der Waals surface area contributed by atoms with Gasteiger partial charge in [-0.05, 0) is 49.3 Å². The number of aryl methyl sites for hydroxylation is 1. The van der Waals surface area contributed by atoms with Crippen LogP contribution in [0.25, 0.3) is 22.0 Å². The molecule has 2 aliphatic rings. The van der Waals surface area contributed by atoms with Crippen molar-refractivity contribution in [2.75, 3.05) is 18.0 Å². The number of fused-ring (bicyclic) bond motifs is 1. The van der Waals surface area contributed by atoms with Gasteiger partial charge in [-0.3, -0.25) is 4.79 Å². The number of aromatic amines is 1. The summed E-state index contributed by atoms with van der Waals surface area (Å²) in [5.41, 5.74) is 0.726. The third kappa shape index (κ3) is 3.04. The maximum absolute atomic E-state index is 14.9. The lowest BCUT2D eigenvalue weighted by Gasteiger charge is -2.35. The predicted octanol–water partition coefficient (Wildman–Crippen LogP) is 2.70. The van der Waals surface area contributed by atoms with Crippen LogP contribution < -0.4 is 15.6 Å². The van der Waals surface area contributed by atoms with E-state index < -0.39 is 33.3 Å². The first-order chi connectivity index (χ1) is 15.4. The highest BCUT2D eigenvalue weighted by molar-refractivity contribution is 7.89. The molecule has 0 radical (unpaired) electrons. The second-order valence-corrected chi connectivity index (χ2v) is 9.85. The van der Waals surface area contributed by atoms with Gasteiger partial charge in [0.1, 0.15) is 16.2 Å². The number of anilines is 1. The Morgan fingerprint density at radius 2 is 1.93 bits per heavy atom. The molecule has 3 aromatic rings. The van der Waals surface area contributed by atoms with Gasteiger partial charge < -0.3 is 14.5 Å². The van der Waals surface area contributed by atoms with E-state index in [4.69, 9.17) is 9.25 Å². The number of benzene rings is 1. The fraction of sp³-hybridized carbons (Fsp3) is 0.381. The highest BCUT2D eigenvalue weighted by atomic mass is 32.2. The molecule has 30 heavy (non-hydrogen) atoms. The summed E-state index contributed by atoms with van der Waals surface area (Å²) < 4.78 is 63.0. The van der Waals surface area contributed by atoms with Crippen molar-refractivity contribution < 1.29 is 16.9 Å². The van der Waals surface area contributed by atoms with Crippen LogP contribution in [0.5, 0.6) is 0 Å². The van der Waals surface area contributed by atoms with Crippen molar-refractivity contribution in [1.82, 2.24) is 9.55 Å². The largest absolute Gasteiger partial charge is 0.371 e. The molecule has 5 rings (SSSR count). The van der Waals surface area contributed by atoms with Gasteiger partial charge in [-0.1, -0.05) is 0 Å². The smallest absolute Gasteiger partial charge is 0.274 e. The van der Waals surface area contributed by atoms with Crippen LogP contribution >= 0.6 is 0 Å². The van der Waals surface area contributed by atoms with Crippen LogP contribution in [0.15, 0.2) is 40.3 Å². The standard InChI is InChI=1S/C21H23FN4O3S/c1-25-12-15(13-2-7-24-19(13)20(25)27)14-10-18(30(23,28)29)16(22)11-17(14)26-8-5-21(3-4-21)6-9-26/h2,7,10-12,24H,3-6,8-9H2,1H3,(H2,23,28,29)/i1D3. The lowest BCUT2D eigenvalue weighted by molar-refractivity contribution is 0.384. The molecular formula is C21H23FN4O3S. The lowest BCUT2D eigenvalue weighted by atomic mass is 9.92. The first-order valence-electron chi connectivity index (χ1n) is 11.2. The summed E-state index contributed by atoms with van der Waals surface area (Å²) in [6.07, 6.45) is 6.93. The molecule has 158 valence electrons. The van der Waals surface area contributed by atoms with E-state index in [2.05, 4.69) is 4.98 Å². The maximum Gasteiger partial charge on any atom is 0.274 e. The quantitative estimate of drug-likeness (QED) is 0.663. The minimum absolute atomic E-state index is 0.0617. The highest BCUT2D eigenvalue weighted by Gasteiger charge is 2.44. The average Bonchev–Trinajstić information content (AvgIpc) is 3.28. The summed E-state index contributed by atoms with van der Waals surface area (Å²) in [6, 6.07) is 3.88. The van der Waals surface area contributed by atoms with Crippen LogP contribution in [0, 0.1) is 11.2 Å². The number of nitrogens with zero attached hydrogens (tertiary/aromatic N) is 2. The number of hydrogen-bond acceptors (Lipinski definition) is 4. The lowest BCUT2D eigenvalue weighted by Crippen LogP contribution is -2.35. The van der Waals surface area contributed by atoms with Gasteiger partial charge in [0.15, 0.2) is 0 Å². The molecule has 1 aromatic carbocycles. The molecule has 0 amide bonds. The van der Waals surface area contributed by atoms with E-state index >= 15 is 0 Å². The Hall–Kier alpha value is -2.65. The molecule has 1 spiro atoms. The molecule has 3 N–H and O–H groups in total. The number of halogens is 1. The maximum atomic E-state index is 14.9. The molecule has 3 heterocycles. The first kappa shape index (κ1) is 16.1. The van der Waals surface area contributed by atoms with Crippen LogP contribution in [-0.4, -0.2) is 31.1 Å². The second kappa shape index (κ2) is 6.42. The van der Waals surface area contributed by atoms with Crippen molar-refractivity contribution in [3.8, 4) is 11.1 Å². The Kier molecular flexibility index (Phi) is 3.45. The third-order valence-electron chi connectivity index (χ3n) is 6.50. The Bertz CT molecular complexity index is 1430. The normalized spacial score (nSPS) is 20.2. The Morgan fingerprint density at radius 1 is 1.20 bits per heavy atom. The summed E-state index contributed by atoms with van der Waals surface area (Å²) in [6.45, 7) is -1.44. The summed E-state index contributed by atoms with van der Waals surface area (Å²) in [5, 5.41) is 5.67. The van der Waals surface area contributed by atoms with Gasteiger partial charge in [-0.2, -0.15) is 0 Å². The SMILES string of the molecule is [2H]C([2H])([2H])n1cc(-c2cc(S(N)(=O)=O)c(F)cc2N2CCC3(CC2)CC3)c2cc[nH]c2c1=O. The van der Waals surface area contributed by atoms with Crippen LogP contribution in [0.3, 0.4) is 0 Å². The molecule has 9 heteroatoms. The van der Waals surface area contributed by atoms with Crippen LogP contribution in [0.2, 0.25) is 0 Å². The zero-order chi connectivity index (χ0) is 23.8. The molecule has 1 aliphatic carbocycles. The molecule has 0 atom stereocenters. The van der Waals surface area contributed by atoms with E-state index in [0.717, 1.165) is 25.0 Å². The summed E-state index contributed by atoms with van der Waals surface area (Å²) in [5.74, 6) is -0.975. The van der Waals surface area contributed by atoms with Crippen molar-refractivity contribution in [1.29, 1.82) is 0 Å². The molecule has 2 aromatic heterocycles. The Labute approximate surface area is 177 Å². The number of aromatic nitrogens is 2. The summed E-state index contributed by atoms with van der Waals surface area (Å²) >= 11 is 0. The highest BCUT2D eigenvalue weighted by Crippen LogP contribution is 2.54. The second-order valence-electron chi connectivity index (χ2n) is 8.32. The minimum Gasteiger partial charge on any atom is -0.371 e. The fourth-order valence-electron chi connectivity index (χ4n) is 4.50. The van der Waals surface area contributed by atoms with Crippen molar-refractivity contribution in [3.63, 3.8) is 0 Å². The van der Waals surface area contributed by atoms with Crippen molar-refractivity contribution in [2.24, 2.45) is 17.5 Å². The number of pyridine rings is 1. The van der Waals surface area contributed by atoms with Gasteiger partial charge in [-0.15, -0.1) is 0 Å². The Balaban J connectivity index is 1.78. The van der Waals surface area contributed by atoms with E-state index in [-0.39, 0.29) is 5.52 Å². The van der Waals surface area contributed by atoms with E-state index in [1.807, 2.05) is 4.90 Å². The van der Waals surface area contributed by atoms with Gasteiger partial charge in [0.2, 0.25) is 10.0 Å². The van der Waals surface area contributed by atoms with Gasteiger partial charge in [0.25, 0.3) is 5.56 Å². The molecular weight excluding hydrogens is 407 g/mol. The minimum atomic E-state index is -4.39. The molecule has 7 nitrogen and oxygen atoms in total. The van der Waals surface area contributed by atoms with Gasteiger partial charge in [0.05, 0.1) is 0 Å². The summed E-state index contributed by atoms with van der Waals surface area (Å²) in [7, 11) is -4.39. The van der Waals surface area contributed by atoms with Crippen LogP contribution in [0.1, 0.15) is 29.8 Å². The van der Waals surface area contributed by atoms with E-state index in [0.29, 0.717) is 45.3 Å². The fourth-order valence-corrected chi connectivity index (χ4v) is 5.11. The Morgan fingerprint density at radius 3 is 2.57 bits per heavy atom. The van der Waals surface area contributed by atoms with Crippen LogP contribution in [-0.2, 0) is 17.0 Å². The molecule has 0 unspecified atom stereocenters. The number of primary sulfonamides is 1. The van der Waals surface area contributed by atoms with Gasteiger partial charge in [0, 0.05) is 58.8 Å². The number of rotatable bonds is 3. The zero-order valence-electron chi connectivity index (χ0n) is 19.1. The van der Waals surface area contributed by atoms with Crippen molar-refractivity contribution >= 4 is 26.6 Å². The number of nitrogens with one attached hydrogen (secondary N) is 1. The molecule has 1 saturated carbocycles. The molecule has 1 aliphatic heterocycles. The number of hydrogen-bond donors (Lipinski definition) is 2. The number of nitrogens with two attached hydrogens (primary N) is 1. The predicted molar refractivity (Wildman–Crippen MR) is 113 cm³/mol. The van der Waals surface area contributed by atoms with E-state index in [1.54, 1.807) is 6.07 Å². The van der Waals surface area contributed by atoms with Crippen LogP contribution in [0.4, 0.5) is 10.1 Å². The first-order valence-corrected chi connectivity index (χ1v) is 11.3. The van der Waals surface area contributed by atoms with Crippen molar-refractivity contribution in [3.05, 3.63) is 46.8 Å². The number of piperidine rings is 1. The molecule has 1 saturated heterocycles.